The van der Waals surface area contributed by atoms with Crippen LogP contribution in [0, 0.1) is 5.82 Å². The zero-order chi connectivity index (χ0) is 15.6. The number of thioether (sulfide) groups is 1. The largest absolute Gasteiger partial charge is 0.478 e. The first-order valence-electron chi connectivity index (χ1n) is 6.30. The van der Waals surface area contributed by atoms with Gasteiger partial charge in [-0.2, -0.15) is 5.10 Å². The van der Waals surface area contributed by atoms with Crippen LogP contribution in [0.3, 0.4) is 0 Å². The minimum atomic E-state index is -1.28. The molecule has 0 unspecified atom stereocenters. The number of aromatic nitrogens is 2. The fourth-order valence-electron chi connectivity index (χ4n) is 1.89. The maximum absolute atomic E-state index is 13.3. The number of rotatable bonds is 5. The van der Waals surface area contributed by atoms with Crippen LogP contribution in [0.4, 0.5) is 4.39 Å². The lowest BCUT2D eigenvalue weighted by molar-refractivity contribution is 0.0691. The molecule has 0 atom stereocenters. The van der Waals surface area contributed by atoms with Crippen molar-refractivity contribution < 1.29 is 14.3 Å². The van der Waals surface area contributed by atoms with Crippen LogP contribution < -0.4 is 0 Å². The van der Waals surface area contributed by atoms with Gasteiger partial charge >= 0.3 is 5.97 Å². The Kier molecular flexibility index (Phi) is 4.90. The minimum absolute atomic E-state index is 0.328. The molecule has 0 saturated carbocycles. The van der Waals surface area contributed by atoms with Crippen molar-refractivity contribution in [1.82, 2.24) is 9.78 Å². The minimum Gasteiger partial charge on any atom is -0.478 e. The molecule has 0 aliphatic rings. The Morgan fingerprint density at radius 1 is 1.52 bits per heavy atom. The van der Waals surface area contributed by atoms with Gasteiger partial charge in [-0.1, -0.05) is 18.5 Å². The Hall–Kier alpha value is -1.53. The summed E-state index contributed by atoms with van der Waals surface area (Å²) in [6.45, 7) is 1.98. The normalized spacial score (nSPS) is 10.9. The average molecular weight is 329 g/mol. The van der Waals surface area contributed by atoms with E-state index in [1.165, 1.54) is 17.8 Å². The van der Waals surface area contributed by atoms with Crippen molar-refractivity contribution in [3.63, 3.8) is 0 Å². The summed E-state index contributed by atoms with van der Waals surface area (Å²) >= 11 is 7.64. The van der Waals surface area contributed by atoms with Gasteiger partial charge in [0.15, 0.2) is 0 Å². The van der Waals surface area contributed by atoms with Crippen molar-refractivity contribution in [3.8, 4) is 0 Å². The maximum atomic E-state index is 13.3. The number of carboxylic acids is 1. The summed E-state index contributed by atoms with van der Waals surface area (Å²) in [6.07, 6.45) is 0.747. The van der Waals surface area contributed by atoms with Gasteiger partial charge in [-0.3, -0.25) is 4.68 Å². The molecule has 1 aromatic heterocycles. The first-order chi connectivity index (χ1) is 9.93. The number of hydrogen-bond donors (Lipinski definition) is 1. The number of benzene rings is 1. The number of nitrogens with zero attached hydrogens (tertiary/aromatic N) is 2. The van der Waals surface area contributed by atoms with Crippen molar-refractivity contribution >= 4 is 29.3 Å². The number of carbonyl (C=O) groups is 1. The van der Waals surface area contributed by atoms with Crippen LogP contribution in [-0.4, -0.2) is 20.9 Å². The molecule has 2 rings (SSSR count). The molecule has 0 fully saturated rings. The van der Waals surface area contributed by atoms with Gasteiger partial charge in [0.05, 0.1) is 22.0 Å². The van der Waals surface area contributed by atoms with Crippen molar-refractivity contribution in [2.24, 2.45) is 7.05 Å². The van der Waals surface area contributed by atoms with E-state index in [1.807, 2.05) is 14.0 Å². The van der Waals surface area contributed by atoms with Gasteiger partial charge in [0.2, 0.25) is 0 Å². The topological polar surface area (TPSA) is 55.1 Å². The Labute approximate surface area is 130 Å². The highest BCUT2D eigenvalue weighted by Gasteiger charge is 2.15. The lowest BCUT2D eigenvalue weighted by atomic mass is 10.2. The van der Waals surface area contributed by atoms with Gasteiger partial charge in [-0.25, -0.2) is 9.18 Å². The summed E-state index contributed by atoms with van der Waals surface area (Å²) in [5, 5.41) is 13.9. The molecule has 7 heteroatoms. The molecular weight excluding hydrogens is 315 g/mol. The predicted octanol–water partition coefficient (Wildman–Crippen LogP) is 3.77. The van der Waals surface area contributed by atoms with Crippen molar-refractivity contribution in [3.05, 3.63) is 46.0 Å². The summed E-state index contributed by atoms with van der Waals surface area (Å²) in [4.78, 5) is 11.6. The third-order valence-corrected chi connectivity index (χ3v) is 4.49. The fourth-order valence-corrected chi connectivity index (χ4v) is 3.33. The van der Waals surface area contributed by atoms with Crippen molar-refractivity contribution in [1.29, 1.82) is 0 Å². The van der Waals surface area contributed by atoms with Gasteiger partial charge in [0, 0.05) is 17.7 Å². The van der Waals surface area contributed by atoms with Crippen LogP contribution in [0.15, 0.2) is 23.1 Å². The lowest BCUT2D eigenvalue weighted by Gasteiger charge is -2.05. The van der Waals surface area contributed by atoms with Gasteiger partial charge in [-0.15, -0.1) is 11.8 Å². The maximum Gasteiger partial charge on any atom is 0.338 e. The van der Waals surface area contributed by atoms with E-state index in [9.17, 15) is 9.18 Å². The average Bonchev–Trinajstić information content (AvgIpc) is 2.72. The van der Waals surface area contributed by atoms with E-state index in [0.29, 0.717) is 15.7 Å². The Morgan fingerprint density at radius 3 is 2.81 bits per heavy atom. The van der Waals surface area contributed by atoms with E-state index in [4.69, 9.17) is 16.7 Å². The number of hydrogen-bond acceptors (Lipinski definition) is 3. The van der Waals surface area contributed by atoms with Gasteiger partial charge in [0.25, 0.3) is 0 Å². The van der Waals surface area contributed by atoms with Gasteiger partial charge in [0.1, 0.15) is 5.82 Å². The standard InChI is InChI=1S/C14H14ClFN2O2S/c1-3-11-13(15)12(18(2)17-11)7-21-8-4-5-10(16)9(6-8)14(19)20/h4-6H,3,7H2,1-2H3,(H,19,20). The number of aromatic carboxylic acids is 1. The molecule has 1 aromatic carbocycles. The van der Waals surface area contributed by atoms with Crippen LogP contribution in [-0.2, 0) is 19.2 Å². The molecule has 0 aliphatic carbocycles. The predicted molar refractivity (Wildman–Crippen MR) is 80.5 cm³/mol. The number of halogens is 2. The fraction of sp³-hybridized carbons (Fsp3) is 0.286. The van der Waals surface area contributed by atoms with Crippen LogP contribution in [0.5, 0.6) is 0 Å². The molecule has 1 N–H and O–H groups in total. The molecule has 21 heavy (non-hydrogen) atoms. The van der Waals surface area contributed by atoms with Gasteiger partial charge < -0.3 is 5.11 Å². The SMILES string of the molecule is CCc1nn(C)c(CSc2ccc(F)c(C(=O)O)c2)c1Cl. The molecular formula is C14H14ClFN2O2S. The summed E-state index contributed by atoms with van der Waals surface area (Å²) < 4.78 is 15.1. The molecule has 2 aromatic rings. The zero-order valence-corrected chi connectivity index (χ0v) is 13.1. The smallest absolute Gasteiger partial charge is 0.338 e. The van der Waals surface area contributed by atoms with Gasteiger partial charge in [-0.05, 0) is 24.6 Å². The Balaban J connectivity index is 2.19. The summed E-state index contributed by atoms with van der Waals surface area (Å²) in [5.74, 6) is -1.48. The number of aryl methyl sites for hydroxylation is 2. The second kappa shape index (κ2) is 6.49. The lowest BCUT2D eigenvalue weighted by Crippen LogP contribution is -2.00. The third kappa shape index (κ3) is 3.39. The highest BCUT2D eigenvalue weighted by molar-refractivity contribution is 7.98. The van der Waals surface area contributed by atoms with Crippen LogP contribution in [0.25, 0.3) is 0 Å². The molecule has 0 spiro atoms. The Bertz CT molecular complexity index is 688. The molecule has 1 heterocycles. The first-order valence-corrected chi connectivity index (χ1v) is 7.66. The highest BCUT2D eigenvalue weighted by atomic mass is 35.5. The Morgan fingerprint density at radius 2 is 2.24 bits per heavy atom. The molecule has 0 radical (unpaired) electrons. The zero-order valence-electron chi connectivity index (χ0n) is 11.6. The summed E-state index contributed by atoms with van der Waals surface area (Å²) in [7, 11) is 1.81. The molecule has 0 amide bonds. The molecule has 4 nitrogen and oxygen atoms in total. The van der Waals surface area contributed by atoms with Crippen LogP contribution >= 0.6 is 23.4 Å². The second-order valence-electron chi connectivity index (χ2n) is 4.42. The van der Waals surface area contributed by atoms with E-state index >= 15 is 0 Å². The molecule has 0 saturated heterocycles. The molecule has 0 bridgehead atoms. The van der Waals surface area contributed by atoms with Crippen molar-refractivity contribution in [2.45, 2.75) is 24.0 Å². The van der Waals surface area contributed by atoms with E-state index in [0.717, 1.165) is 23.9 Å². The first kappa shape index (κ1) is 15.9. The van der Waals surface area contributed by atoms with E-state index in [-0.39, 0.29) is 5.56 Å². The third-order valence-electron chi connectivity index (χ3n) is 3.05. The van der Waals surface area contributed by atoms with E-state index in [2.05, 4.69) is 5.10 Å². The monoisotopic (exact) mass is 328 g/mol. The second-order valence-corrected chi connectivity index (χ2v) is 5.85. The van der Waals surface area contributed by atoms with E-state index in [1.54, 1.807) is 10.7 Å². The van der Waals surface area contributed by atoms with Crippen LogP contribution in [0.2, 0.25) is 5.02 Å². The summed E-state index contributed by atoms with van der Waals surface area (Å²) in [6, 6.07) is 4.04. The molecule has 0 aliphatic heterocycles. The summed E-state index contributed by atoms with van der Waals surface area (Å²) in [5.41, 5.74) is 1.37. The quantitative estimate of drug-likeness (QED) is 0.849. The van der Waals surface area contributed by atoms with Crippen molar-refractivity contribution in [2.75, 3.05) is 0 Å². The number of carboxylic acid groups (broad SMARTS) is 1. The van der Waals surface area contributed by atoms with E-state index < -0.39 is 11.8 Å². The highest BCUT2D eigenvalue weighted by Crippen LogP contribution is 2.29. The van der Waals surface area contributed by atoms with Crippen LogP contribution in [0.1, 0.15) is 28.7 Å². The molecule has 112 valence electrons.